The second-order valence-electron chi connectivity index (χ2n) is 3.33. The molecule has 0 unspecified atom stereocenters. The molecule has 0 saturated carbocycles. The highest BCUT2D eigenvalue weighted by Crippen LogP contribution is 2.17. The first-order valence-electron chi connectivity index (χ1n) is 4.47. The summed E-state index contributed by atoms with van der Waals surface area (Å²) in [6, 6.07) is 5.77. The van der Waals surface area contributed by atoms with Crippen molar-refractivity contribution in [3.05, 3.63) is 40.5 Å². The SMILES string of the molecule is Cc1cc(C)c(C#N)c(/C=C/C(=O)O)c1. The second kappa shape index (κ2) is 4.43. The molecule has 1 N–H and O–H groups in total. The summed E-state index contributed by atoms with van der Waals surface area (Å²) in [5.74, 6) is -1.02. The van der Waals surface area contributed by atoms with Gasteiger partial charge in [-0.2, -0.15) is 5.26 Å². The zero-order valence-corrected chi connectivity index (χ0v) is 8.61. The monoisotopic (exact) mass is 201 g/mol. The normalized spacial score (nSPS) is 10.2. The van der Waals surface area contributed by atoms with Crippen LogP contribution in [0.5, 0.6) is 0 Å². The van der Waals surface area contributed by atoms with Crippen LogP contribution in [0.4, 0.5) is 0 Å². The molecule has 76 valence electrons. The first kappa shape index (κ1) is 11.0. The van der Waals surface area contributed by atoms with Gasteiger partial charge in [-0.05, 0) is 31.1 Å². The molecular formula is C12H11NO2. The largest absolute Gasteiger partial charge is 0.478 e. The zero-order valence-electron chi connectivity index (χ0n) is 8.61. The summed E-state index contributed by atoms with van der Waals surface area (Å²) in [6.07, 6.45) is 2.48. The number of rotatable bonds is 2. The van der Waals surface area contributed by atoms with Gasteiger partial charge in [0.15, 0.2) is 0 Å². The van der Waals surface area contributed by atoms with Gasteiger partial charge in [0, 0.05) is 6.08 Å². The van der Waals surface area contributed by atoms with Crippen LogP contribution in [0.3, 0.4) is 0 Å². The Balaban J connectivity index is 3.28. The van der Waals surface area contributed by atoms with E-state index in [-0.39, 0.29) is 0 Å². The van der Waals surface area contributed by atoms with Crippen LogP contribution in [0.2, 0.25) is 0 Å². The van der Waals surface area contributed by atoms with Crippen molar-refractivity contribution < 1.29 is 9.90 Å². The van der Waals surface area contributed by atoms with Gasteiger partial charge in [0.1, 0.15) is 6.07 Å². The van der Waals surface area contributed by atoms with Gasteiger partial charge in [0.2, 0.25) is 0 Å². The van der Waals surface area contributed by atoms with E-state index in [0.717, 1.165) is 17.2 Å². The van der Waals surface area contributed by atoms with Crippen LogP contribution in [0, 0.1) is 25.2 Å². The molecule has 1 aromatic rings. The van der Waals surface area contributed by atoms with E-state index in [9.17, 15) is 4.79 Å². The molecule has 15 heavy (non-hydrogen) atoms. The van der Waals surface area contributed by atoms with Crippen LogP contribution in [-0.4, -0.2) is 11.1 Å². The Morgan fingerprint density at radius 3 is 2.67 bits per heavy atom. The van der Waals surface area contributed by atoms with Crippen LogP contribution < -0.4 is 0 Å². The quantitative estimate of drug-likeness (QED) is 0.746. The summed E-state index contributed by atoms with van der Waals surface area (Å²) in [5.41, 5.74) is 3.05. The molecule has 3 nitrogen and oxygen atoms in total. The minimum atomic E-state index is -1.02. The molecule has 0 aromatic heterocycles. The Kier molecular flexibility index (Phi) is 3.25. The Morgan fingerprint density at radius 1 is 1.47 bits per heavy atom. The molecular weight excluding hydrogens is 190 g/mol. The Morgan fingerprint density at radius 2 is 2.13 bits per heavy atom. The van der Waals surface area contributed by atoms with Crippen molar-refractivity contribution in [1.29, 1.82) is 5.26 Å². The molecule has 0 aliphatic carbocycles. The lowest BCUT2D eigenvalue weighted by Gasteiger charge is -2.03. The maximum atomic E-state index is 10.4. The van der Waals surface area contributed by atoms with Gasteiger partial charge in [0.25, 0.3) is 0 Å². The molecule has 0 radical (unpaired) electrons. The molecule has 0 atom stereocenters. The van der Waals surface area contributed by atoms with E-state index in [1.54, 1.807) is 6.07 Å². The smallest absolute Gasteiger partial charge is 0.328 e. The van der Waals surface area contributed by atoms with E-state index in [2.05, 4.69) is 6.07 Å². The third-order valence-corrected chi connectivity index (χ3v) is 2.03. The standard InChI is InChI=1S/C12H11NO2/c1-8-5-9(2)11(7-13)10(6-8)3-4-12(14)15/h3-6H,1-2H3,(H,14,15)/b4-3+. The highest BCUT2D eigenvalue weighted by molar-refractivity contribution is 5.86. The Hall–Kier alpha value is -2.08. The fraction of sp³-hybridized carbons (Fsp3) is 0.167. The van der Waals surface area contributed by atoms with Crippen molar-refractivity contribution in [2.45, 2.75) is 13.8 Å². The summed E-state index contributed by atoms with van der Waals surface area (Å²) in [7, 11) is 0. The Bertz CT molecular complexity index is 467. The van der Waals surface area contributed by atoms with Crippen molar-refractivity contribution in [3.63, 3.8) is 0 Å². The number of hydrogen-bond acceptors (Lipinski definition) is 2. The molecule has 0 saturated heterocycles. The van der Waals surface area contributed by atoms with Crippen LogP contribution >= 0.6 is 0 Å². The molecule has 1 aromatic carbocycles. The van der Waals surface area contributed by atoms with E-state index in [4.69, 9.17) is 10.4 Å². The van der Waals surface area contributed by atoms with Crippen molar-refractivity contribution >= 4 is 12.0 Å². The van der Waals surface area contributed by atoms with Crippen LogP contribution in [-0.2, 0) is 4.79 Å². The molecule has 0 heterocycles. The number of nitriles is 1. The molecule has 3 heteroatoms. The summed E-state index contributed by atoms with van der Waals surface area (Å²) in [6.45, 7) is 3.75. The van der Waals surface area contributed by atoms with Crippen LogP contribution in [0.25, 0.3) is 6.08 Å². The third-order valence-electron chi connectivity index (χ3n) is 2.03. The molecule has 0 fully saturated rings. The van der Waals surface area contributed by atoms with Crippen molar-refractivity contribution in [1.82, 2.24) is 0 Å². The number of aliphatic carboxylic acids is 1. The molecule has 0 aliphatic rings. The number of benzene rings is 1. The number of carboxylic acid groups (broad SMARTS) is 1. The topological polar surface area (TPSA) is 61.1 Å². The molecule has 0 bridgehead atoms. The lowest BCUT2D eigenvalue weighted by molar-refractivity contribution is -0.131. The van der Waals surface area contributed by atoms with Gasteiger partial charge in [-0.15, -0.1) is 0 Å². The molecule has 0 amide bonds. The summed E-state index contributed by atoms with van der Waals surface area (Å²) >= 11 is 0. The maximum Gasteiger partial charge on any atom is 0.328 e. The third kappa shape index (κ3) is 2.68. The zero-order chi connectivity index (χ0) is 11.4. The average Bonchev–Trinajstić information content (AvgIpc) is 2.13. The fourth-order valence-corrected chi connectivity index (χ4v) is 1.45. The minimum absolute atomic E-state index is 0.526. The highest BCUT2D eigenvalue weighted by Gasteiger charge is 2.04. The van der Waals surface area contributed by atoms with Gasteiger partial charge in [-0.25, -0.2) is 4.79 Å². The van der Waals surface area contributed by atoms with Gasteiger partial charge < -0.3 is 5.11 Å². The Labute approximate surface area is 88.3 Å². The predicted octanol–water partition coefficient (Wildman–Crippen LogP) is 2.27. The molecule has 0 spiro atoms. The second-order valence-corrected chi connectivity index (χ2v) is 3.33. The lowest BCUT2D eigenvalue weighted by atomic mass is 9.99. The number of aryl methyl sites for hydroxylation is 2. The summed E-state index contributed by atoms with van der Waals surface area (Å²) in [4.78, 5) is 10.4. The highest BCUT2D eigenvalue weighted by atomic mass is 16.4. The number of carbonyl (C=O) groups is 1. The number of carboxylic acids is 1. The average molecular weight is 201 g/mol. The summed E-state index contributed by atoms with van der Waals surface area (Å²) in [5, 5.41) is 17.4. The van der Waals surface area contributed by atoms with Gasteiger partial charge in [0.05, 0.1) is 5.56 Å². The van der Waals surface area contributed by atoms with E-state index < -0.39 is 5.97 Å². The van der Waals surface area contributed by atoms with Crippen molar-refractivity contribution in [2.75, 3.05) is 0 Å². The van der Waals surface area contributed by atoms with E-state index in [1.165, 1.54) is 6.08 Å². The first-order valence-corrected chi connectivity index (χ1v) is 4.47. The van der Waals surface area contributed by atoms with Gasteiger partial charge in [-0.3, -0.25) is 0 Å². The summed E-state index contributed by atoms with van der Waals surface area (Å²) < 4.78 is 0. The molecule has 1 rings (SSSR count). The first-order chi connectivity index (χ1) is 7.04. The van der Waals surface area contributed by atoms with Gasteiger partial charge in [-0.1, -0.05) is 17.7 Å². The van der Waals surface area contributed by atoms with Crippen LogP contribution in [0.1, 0.15) is 22.3 Å². The van der Waals surface area contributed by atoms with E-state index >= 15 is 0 Å². The van der Waals surface area contributed by atoms with E-state index in [0.29, 0.717) is 11.1 Å². The van der Waals surface area contributed by atoms with E-state index in [1.807, 2.05) is 19.9 Å². The predicted molar refractivity (Wildman–Crippen MR) is 57.3 cm³/mol. The maximum absolute atomic E-state index is 10.4. The number of nitrogens with zero attached hydrogens (tertiary/aromatic N) is 1. The lowest BCUT2D eigenvalue weighted by Crippen LogP contribution is -1.91. The minimum Gasteiger partial charge on any atom is -0.478 e. The fourth-order valence-electron chi connectivity index (χ4n) is 1.45. The van der Waals surface area contributed by atoms with Crippen molar-refractivity contribution in [3.8, 4) is 6.07 Å². The van der Waals surface area contributed by atoms with Crippen LogP contribution in [0.15, 0.2) is 18.2 Å². The van der Waals surface area contributed by atoms with Crippen molar-refractivity contribution in [2.24, 2.45) is 0 Å². The number of hydrogen-bond donors (Lipinski definition) is 1. The van der Waals surface area contributed by atoms with Gasteiger partial charge >= 0.3 is 5.97 Å². The molecule has 0 aliphatic heterocycles.